The summed E-state index contributed by atoms with van der Waals surface area (Å²) in [5.41, 5.74) is 0. The molecule has 0 aromatic carbocycles. The lowest BCUT2D eigenvalue weighted by Crippen LogP contribution is -2.39. The van der Waals surface area contributed by atoms with Crippen LogP contribution in [0, 0.1) is 0 Å². The minimum Gasteiger partial charge on any atom is -0.381 e. The molecule has 0 N–H and O–H groups in total. The Morgan fingerprint density at radius 2 is 1.94 bits per heavy atom. The van der Waals surface area contributed by atoms with Crippen LogP contribution < -0.4 is 0 Å². The first-order valence-corrected chi connectivity index (χ1v) is 7.74. The standard InChI is InChI=1S/C11H22N2O4S/c1-10(17-3)9-18(15,16)13-6-4-5-12(7-8-13)11(2)14/h10H,4-9H2,1-3H3. The van der Waals surface area contributed by atoms with Gasteiger partial charge in [0.15, 0.2) is 0 Å². The molecule has 1 fully saturated rings. The van der Waals surface area contributed by atoms with Crippen LogP contribution in [0.1, 0.15) is 20.3 Å². The molecule has 1 unspecified atom stereocenters. The van der Waals surface area contributed by atoms with E-state index in [-0.39, 0.29) is 17.8 Å². The van der Waals surface area contributed by atoms with Crippen LogP contribution in [0.15, 0.2) is 0 Å². The first-order chi connectivity index (χ1) is 8.36. The van der Waals surface area contributed by atoms with E-state index in [1.165, 1.54) is 18.3 Å². The molecule has 7 heteroatoms. The Balaban J connectivity index is 2.64. The van der Waals surface area contributed by atoms with Gasteiger partial charge in [-0.05, 0) is 13.3 Å². The summed E-state index contributed by atoms with van der Waals surface area (Å²) in [6.07, 6.45) is 0.363. The van der Waals surface area contributed by atoms with E-state index in [4.69, 9.17) is 4.74 Å². The molecule has 18 heavy (non-hydrogen) atoms. The van der Waals surface area contributed by atoms with Crippen LogP contribution in [-0.2, 0) is 19.6 Å². The van der Waals surface area contributed by atoms with Crippen molar-refractivity contribution in [3.63, 3.8) is 0 Å². The highest BCUT2D eigenvalue weighted by molar-refractivity contribution is 7.89. The van der Waals surface area contributed by atoms with Gasteiger partial charge in [0, 0.05) is 40.2 Å². The number of sulfonamides is 1. The SMILES string of the molecule is COC(C)CS(=O)(=O)N1CCCN(C(C)=O)CC1. The summed E-state index contributed by atoms with van der Waals surface area (Å²) in [4.78, 5) is 13.0. The van der Waals surface area contributed by atoms with Crippen LogP contribution in [0.2, 0.25) is 0 Å². The smallest absolute Gasteiger partial charge is 0.219 e. The third-order valence-electron chi connectivity index (χ3n) is 3.14. The number of hydrogen-bond donors (Lipinski definition) is 0. The number of nitrogens with zero attached hydrogens (tertiary/aromatic N) is 2. The van der Waals surface area contributed by atoms with Gasteiger partial charge in [0.1, 0.15) is 0 Å². The van der Waals surface area contributed by atoms with E-state index in [2.05, 4.69) is 0 Å². The van der Waals surface area contributed by atoms with Crippen LogP contribution in [0.3, 0.4) is 0 Å². The van der Waals surface area contributed by atoms with Crippen molar-refractivity contribution >= 4 is 15.9 Å². The maximum atomic E-state index is 12.1. The first kappa shape index (κ1) is 15.4. The van der Waals surface area contributed by atoms with Crippen molar-refractivity contribution in [2.75, 3.05) is 39.0 Å². The maximum Gasteiger partial charge on any atom is 0.219 e. The number of methoxy groups -OCH3 is 1. The number of hydrogen-bond acceptors (Lipinski definition) is 4. The molecule has 1 rings (SSSR count). The molecule has 6 nitrogen and oxygen atoms in total. The van der Waals surface area contributed by atoms with E-state index in [0.29, 0.717) is 32.6 Å². The lowest BCUT2D eigenvalue weighted by Gasteiger charge is -2.22. The Bertz CT molecular complexity index is 383. The van der Waals surface area contributed by atoms with Crippen molar-refractivity contribution in [2.24, 2.45) is 0 Å². The number of amides is 1. The second-order valence-electron chi connectivity index (χ2n) is 4.58. The third-order valence-corrected chi connectivity index (χ3v) is 5.18. The Hall–Kier alpha value is -0.660. The Morgan fingerprint density at radius 3 is 2.50 bits per heavy atom. The number of rotatable bonds is 4. The van der Waals surface area contributed by atoms with Gasteiger partial charge in [-0.15, -0.1) is 0 Å². The Morgan fingerprint density at radius 1 is 1.28 bits per heavy atom. The molecule has 0 aromatic heterocycles. The fourth-order valence-electron chi connectivity index (χ4n) is 1.96. The zero-order valence-electron chi connectivity index (χ0n) is 11.3. The Kier molecular flexibility index (Phi) is 5.55. The largest absolute Gasteiger partial charge is 0.381 e. The molecule has 1 heterocycles. The summed E-state index contributed by atoms with van der Waals surface area (Å²) in [5.74, 6) is -0.0108. The van der Waals surface area contributed by atoms with Crippen LogP contribution >= 0.6 is 0 Å². The predicted octanol–water partition coefficient (Wildman–Crippen LogP) is -0.0947. The molecule has 106 valence electrons. The molecule has 1 amide bonds. The van der Waals surface area contributed by atoms with Gasteiger partial charge in [-0.25, -0.2) is 12.7 Å². The molecule has 1 saturated heterocycles. The number of ether oxygens (including phenoxy) is 1. The van der Waals surface area contributed by atoms with Gasteiger partial charge < -0.3 is 9.64 Å². The quantitative estimate of drug-likeness (QED) is 0.720. The van der Waals surface area contributed by atoms with Gasteiger partial charge in [-0.1, -0.05) is 0 Å². The van der Waals surface area contributed by atoms with Gasteiger partial charge in [-0.2, -0.15) is 0 Å². The highest BCUT2D eigenvalue weighted by atomic mass is 32.2. The molecule has 0 bridgehead atoms. The monoisotopic (exact) mass is 278 g/mol. The highest BCUT2D eigenvalue weighted by Gasteiger charge is 2.27. The van der Waals surface area contributed by atoms with Crippen molar-refractivity contribution in [1.29, 1.82) is 0 Å². The molecular formula is C11H22N2O4S. The van der Waals surface area contributed by atoms with Gasteiger partial charge in [0.05, 0.1) is 11.9 Å². The number of carbonyl (C=O) groups is 1. The molecule has 0 radical (unpaired) electrons. The van der Waals surface area contributed by atoms with Crippen molar-refractivity contribution < 1.29 is 17.9 Å². The van der Waals surface area contributed by atoms with Crippen molar-refractivity contribution in [2.45, 2.75) is 26.4 Å². The summed E-state index contributed by atoms with van der Waals surface area (Å²) in [5, 5.41) is 0. The van der Waals surface area contributed by atoms with E-state index in [9.17, 15) is 13.2 Å². The molecule has 1 atom stereocenters. The van der Waals surface area contributed by atoms with Gasteiger partial charge in [-0.3, -0.25) is 4.79 Å². The van der Waals surface area contributed by atoms with E-state index in [0.717, 1.165) is 0 Å². The Labute approximate surface area is 109 Å². The molecule has 0 aromatic rings. The van der Waals surface area contributed by atoms with Crippen molar-refractivity contribution in [1.82, 2.24) is 9.21 Å². The summed E-state index contributed by atoms with van der Waals surface area (Å²) in [6, 6.07) is 0. The van der Waals surface area contributed by atoms with Gasteiger partial charge in [0.2, 0.25) is 15.9 Å². The van der Waals surface area contributed by atoms with Crippen LogP contribution in [0.4, 0.5) is 0 Å². The molecular weight excluding hydrogens is 256 g/mol. The maximum absolute atomic E-state index is 12.1. The molecule has 1 aliphatic rings. The minimum absolute atomic E-state index is 0.000456. The number of carbonyl (C=O) groups excluding carboxylic acids is 1. The van der Waals surface area contributed by atoms with Crippen LogP contribution in [0.5, 0.6) is 0 Å². The summed E-state index contributed by atoms with van der Waals surface area (Å²) in [7, 11) is -1.80. The second kappa shape index (κ2) is 6.49. The molecule has 0 saturated carbocycles. The van der Waals surface area contributed by atoms with Crippen molar-refractivity contribution in [3.8, 4) is 0 Å². The average molecular weight is 278 g/mol. The topological polar surface area (TPSA) is 66.9 Å². The molecule has 1 aliphatic heterocycles. The highest BCUT2D eigenvalue weighted by Crippen LogP contribution is 2.10. The predicted molar refractivity (Wildman–Crippen MR) is 68.7 cm³/mol. The lowest BCUT2D eigenvalue weighted by atomic mass is 10.4. The van der Waals surface area contributed by atoms with Crippen LogP contribution in [-0.4, -0.2) is 68.7 Å². The van der Waals surface area contributed by atoms with E-state index in [1.54, 1.807) is 11.8 Å². The lowest BCUT2D eigenvalue weighted by molar-refractivity contribution is -0.128. The van der Waals surface area contributed by atoms with E-state index in [1.807, 2.05) is 0 Å². The zero-order valence-corrected chi connectivity index (χ0v) is 12.1. The molecule has 0 aliphatic carbocycles. The van der Waals surface area contributed by atoms with Gasteiger partial charge in [0.25, 0.3) is 0 Å². The fourth-order valence-corrected chi connectivity index (χ4v) is 3.66. The summed E-state index contributed by atoms with van der Waals surface area (Å²) >= 11 is 0. The van der Waals surface area contributed by atoms with Gasteiger partial charge >= 0.3 is 0 Å². The van der Waals surface area contributed by atoms with E-state index < -0.39 is 10.0 Å². The average Bonchev–Trinajstić information content (AvgIpc) is 2.54. The fraction of sp³-hybridized carbons (Fsp3) is 0.909. The minimum atomic E-state index is -3.30. The third kappa shape index (κ3) is 4.22. The molecule has 0 spiro atoms. The van der Waals surface area contributed by atoms with Crippen LogP contribution in [0.25, 0.3) is 0 Å². The second-order valence-corrected chi connectivity index (χ2v) is 6.60. The summed E-state index contributed by atoms with van der Waals surface area (Å²) < 4.78 is 30.7. The first-order valence-electron chi connectivity index (χ1n) is 6.13. The zero-order chi connectivity index (χ0) is 13.8. The van der Waals surface area contributed by atoms with Crippen molar-refractivity contribution in [3.05, 3.63) is 0 Å². The van der Waals surface area contributed by atoms with E-state index >= 15 is 0 Å². The summed E-state index contributed by atoms with van der Waals surface area (Å²) in [6.45, 7) is 5.19. The normalized spacial score (nSPS) is 20.5.